The number of hydrogen-bond donors (Lipinski definition) is 3. The molecule has 1 heterocycles. The van der Waals surface area contributed by atoms with Gasteiger partial charge < -0.3 is 5.11 Å². The normalized spacial score (nSPS) is 10.2. The highest BCUT2D eigenvalue weighted by atomic mass is 16.3. The fourth-order valence-corrected chi connectivity index (χ4v) is 1.88. The number of aryl methyl sites for hydroxylation is 2. The van der Waals surface area contributed by atoms with Crippen LogP contribution in [0.3, 0.4) is 0 Å². The van der Waals surface area contributed by atoms with Crippen molar-refractivity contribution in [3.05, 3.63) is 47.3 Å². The van der Waals surface area contributed by atoms with E-state index < -0.39 is 18.4 Å². The second-order valence-corrected chi connectivity index (χ2v) is 4.55. The molecule has 0 saturated carbocycles. The van der Waals surface area contributed by atoms with Gasteiger partial charge in [0.1, 0.15) is 6.61 Å². The number of carbonyl (C=O) groups excluding carboxylic acids is 2. The summed E-state index contributed by atoms with van der Waals surface area (Å²) in [6.07, 6.45) is 0. The molecule has 0 atom stereocenters. The van der Waals surface area contributed by atoms with Gasteiger partial charge in [0.25, 0.3) is 11.8 Å². The van der Waals surface area contributed by atoms with E-state index in [2.05, 4.69) is 16.0 Å². The van der Waals surface area contributed by atoms with Gasteiger partial charge >= 0.3 is 0 Å². The van der Waals surface area contributed by atoms with Crippen LogP contribution in [-0.2, 0) is 4.79 Å². The summed E-state index contributed by atoms with van der Waals surface area (Å²) in [5.74, 6) is -1.14. The highest BCUT2D eigenvalue weighted by Gasteiger charge is 2.08. The Kier molecular flexibility index (Phi) is 4.34. The van der Waals surface area contributed by atoms with E-state index in [1.54, 1.807) is 28.9 Å². The van der Waals surface area contributed by atoms with Crippen molar-refractivity contribution in [3.8, 4) is 5.69 Å². The van der Waals surface area contributed by atoms with Gasteiger partial charge in [-0.3, -0.25) is 20.4 Å². The van der Waals surface area contributed by atoms with E-state index in [1.165, 1.54) is 0 Å². The molecule has 0 aliphatic heterocycles. The van der Waals surface area contributed by atoms with Crippen LogP contribution in [0.4, 0.5) is 0 Å². The Morgan fingerprint density at radius 2 is 1.86 bits per heavy atom. The van der Waals surface area contributed by atoms with Crippen LogP contribution < -0.4 is 10.9 Å². The lowest BCUT2D eigenvalue weighted by atomic mass is 10.2. The molecule has 0 spiro atoms. The zero-order valence-electron chi connectivity index (χ0n) is 11.8. The number of hydrogen-bond acceptors (Lipinski definition) is 4. The summed E-state index contributed by atoms with van der Waals surface area (Å²) in [5, 5.41) is 12.9. The summed E-state index contributed by atoms with van der Waals surface area (Å²) in [6.45, 7) is 3.18. The zero-order valence-corrected chi connectivity index (χ0v) is 11.8. The van der Waals surface area contributed by atoms with Crippen LogP contribution in [0.1, 0.15) is 21.7 Å². The number of amides is 2. The molecule has 3 N–H and O–H groups in total. The molecule has 2 aromatic rings. The number of aliphatic hydroxyl groups excluding tert-OH is 1. The van der Waals surface area contributed by atoms with Gasteiger partial charge in [0.05, 0.1) is 11.4 Å². The van der Waals surface area contributed by atoms with E-state index in [-0.39, 0.29) is 0 Å². The number of nitrogens with one attached hydrogen (secondary N) is 2. The van der Waals surface area contributed by atoms with Crippen molar-refractivity contribution in [2.75, 3.05) is 6.61 Å². The fourth-order valence-electron chi connectivity index (χ4n) is 1.88. The van der Waals surface area contributed by atoms with E-state index in [0.717, 1.165) is 17.1 Å². The molecule has 7 nitrogen and oxygen atoms in total. The van der Waals surface area contributed by atoms with Crippen molar-refractivity contribution in [2.45, 2.75) is 13.8 Å². The molecule has 0 radical (unpaired) electrons. The van der Waals surface area contributed by atoms with Crippen LogP contribution in [0.2, 0.25) is 0 Å². The van der Waals surface area contributed by atoms with E-state index in [4.69, 9.17) is 5.11 Å². The van der Waals surface area contributed by atoms with Crippen LogP contribution in [0.25, 0.3) is 5.69 Å². The molecular formula is C14H16N4O3. The Morgan fingerprint density at radius 3 is 2.38 bits per heavy atom. The standard InChI is InChI=1S/C14H16N4O3/c1-9-7-10(2)18(17-9)12-5-3-11(4-6-12)14(21)16-15-13(20)8-19/h3-7,19H,8H2,1-2H3,(H,15,20)(H,16,21). The lowest BCUT2D eigenvalue weighted by Gasteiger charge is -2.08. The van der Waals surface area contributed by atoms with Crippen molar-refractivity contribution < 1.29 is 14.7 Å². The summed E-state index contributed by atoms with van der Waals surface area (Å²) >= 11 is 0. The molecule has 0 aliphatic rings. The smallest absolute Gasteiger partial charge is 0.269 e. The van der Waals surface area contributed by atoms with Gasteiger partial charge in [-0.2, -0.15) is 5.10 Å². The van der Waals surface area contributed by atoms with Gasteiger partial charge in [-0.05, 0) is 44.2 Å². The highest BCUT2D eigenvalue weighted by molar-refractivity contribution is 5.95. The molecular weight excluding hydrogens is 272 g/mol. The van der Waals surface area contributed by atoms with Gasteiger partial charge in [0, 0.05) is 11.3 Å². The van der Waals surface area contributed by atoms with Crippen LogP contribution in [-0.4, -0.2) is 33.3 Å². The molecule has 1 aromatic heterocycles. The van der Waals surface area contributed by atoms with Crippen molar-refractivity contribution in [2.24, 2.45) is 0 Å². The summed E-state index contributed by atoms with van der Waals surface area (Å²) in [6, 6.07) is 8.76. The number of rotatable bonds is 3. The van der Waals surface area contributed by atoms with Crippen molar-refractivity contribution in [1.82, 2.24) is 20.6 Å². The third-order valence-electron chi connectivity index (χ3n) is 2.84. The van der Waals surface area contributed by atoms with Gasteiger partial charge in [-0.1, -0.05) is 0 Å². The van der Waals surface area contributed by atoms with E-state index in [9.17, 15) is 9.59 Å². The molecule has 0 unspecified atom stereocenters. The van der Waals surface area contributed by atoms with Gasteiger partial charge in [-0.15, -0.1) is 0 Å². The quantitative estimate of drug-likeness (QED) is 0.705. The predicted molar refractivity (Wildman–Crippen MR) is 75.7 cm³/mol. The minimum atomic E-state index is -0.683. The number of aliphatic hydroxyl groups is 1. The summed E-state index contributed by atoms with van der Waals surface area (Å²) in [5.41, 5.74) is 7.44. The molecule has 0 fully saturated rings. The zero-order chi connectivity index (χ0) is 15.4. The summed E-state index contributed by atoms with van der Waals surface area (Å²) < 4.78 is 1.78. The average molecular weight is 288 g/mol. The Balaban J connectivity index is 2.10. The fraction of sp³-hybridized carbons (Fsp3) is 0.214. The molecule has 7 heteroatoms. The van der Waals surface area contributed by atoms with Crippen molar-refractivity contribution >= 4 is 11.8 Å². The molecule has 0 saturated heterocycles. The Hall–Kier alpha value is -2.67. The number of aromatic nitrogens is 2. The van der Waals surface area contributed by atoms with Crippen LogP contribution in [0.5, 0.6) is 0 Å². The first kappa shape index (κ1) is 14.7. The van der Waals surface area contributed by atoms with Crippen LogP contribution >= 0.6 is 0 Å². The lowest BCUT2D eigenvalue weighted by molar-refractivity contribution is -0.124. The van der Waals surface area contributed by atoms with Crippen LogP contribution in [0, 0.1) is 13.8 Å². The first-order valence-electron chi connectivity index (χ1n) is 6.35. The number of carbonyl (C=O) groups is 2. The molecule has 0 bridgehead atoms. The van der Waals surface area contributed by atoms with Gasteiger partial charge in [0.2, 0.25) is 0 Å². The highest BCUT2D eigenvalue weighted by Crippen LogP contribution is 2.12. The molecule has 21 heavy (non-hydrogen) atoms. The minimum Gasteiger partial charge on any atom is -0.386 e. The molecule has 110 valence electrons. The van der Waals surface area contributed by atoms with Gasteiger partial charge in [-0.25, -0.2) is 4.68 Å². The number of benzene rings is 1. The average Bonchev–Trinajstić information content (AvgIpc) is 2.83. The predicted octanol–water partition coefficient (Wildman–Crippen LogP) is 0.242. The number of nitrogens with zero attached hydrogens (tertiary/aromatic N) is 2. The Morgan fingerprint density at radius 1 is 1.19 bits per heavy atom. The first-order chi connectivity index (χ1) is 10.0. The Labute approximate surface area is 121 Å². The lowest BCUT2D eigenvalue weighted by Crippen LogP contribution is -2.42. The Bertz CT molecular complexity index is 661. The largest absolute Gasteiger partial charge is 0.386 e. The summed E-state index contributed by atoms with van der Waals surface area (Å²) in [4.78, 5) is 22.6. The molecule has 2 amide bonds. The first-order valence-corrected chi connectivity index (χ1v) is 6.35. The van der Waals surface area contributed by atoms with Crippen molar-refractivity contribution in [3.63, 3.8) is 0 Å². The minimum absolute atomic E-state index is 0.388. The summed E-state index contributed by atoms with van der Waals surface area (Å²) in [7, 11) is 0. The SMILES string of the molecule is Cc1cc(C)n(-c2ccc(C(=O)NNC(=O)CO)cc2)n1. The maximum Gasteiger partial charge on any atom is 0.269 e. The third kappa shape index (κ3) is 3.46. The van der Waals surface area contributed by atoms with E-state index >= 15 is 0 Å². The molecule has 1 aromatic carbocycles. The van der Waals surface area contributed by atoms with E-state index in [0.29, 0.717) is 5.56 Å². The molecule has 0 aliphatic carbocycles. The third-order valence-corrected chi connectivity index (χ3v) is 2.84. The topological polar surface area (TPSA) is 96.2 Å². The van der Waals surface area contributed by atoms with Crippen LogP contribution in [0.15, 0.2) is 30.3 Å². The second-order valence-electron chi connectivity index (χ2n) is 4.55. The molecule has 2 rings (SSSR count). The van der Waals surface area contributed by atoms with Crippen molar-refractivity contribution in [1.29, 1.82) is 0 Å². The second kappa shape index (κ2) is 6.19. The maximum absolute atomic E-state index is 11.8. The van der Waals surface area contributed by atoms with E-state index in [1.807, 2.05) is 19.9 Å². The number of hydrazine groups is 1. The van der Waals surface area contributed by atoms with Gasteiger partial charge in [0.15, 0.2) is 0 Å². The monoisotopic (exact) mass is 288 g/mol. The maximum atomic E-state index is 11.8.